The minimum Gasteiger partial charge on any atom is -0.380 e. The van der Waals surface area contributed by atoms with Crippen molar-refractivity contribution in [2.24, 2.45) is 11.3 Å². The lowest BCUT2D eigenvalue weighted by Gasteiger charge is -2.36. The normalized spacial score (nSPS) is 36.4. The number of aldehydes is 1. The predicted octanol–water partition coefficient (Wildman–Crippen LogP) is 1.71. The zero-order valence-electron chi connectivity index (χ0n) is 10.3. The zero-order chi connectivity index (χ0) is 11.4. The molecule has 2 heterocycles. The number of ether oxygens (including phenoxy) is 1. The second kappa shape index (κ2) is 5.28. The molecule has 0 radical (unpaired) electrons. The highest BCUT2D eigenvalue weighted by atomic mass is 16.5. The second-order valence-corrected chi connectivity index (χ2v) is 5.43. The number of carbonyl (C=O) groups is 1. The average Bonchev–Trinajstić information content (AvgIpc) is 2.78. The van der Waals surface area contributed by atoms with Gasteiger partial charge in [-0.05, 0) is 31.7 Å². The summed E-state index contributed by atoms with van der Waals surface area (Å²) in [6, 6.07) is 0. The molecule has 2 aliphatic heterocycles. The maximum atomic E-state index is 11.2. The largest absolute Gasteiger partial charge is 0.380 e. The predicted molar refractivity (Wildman–Crippen MR) is 63.4 cm³/mol. The van der Waals surface area contributed by atoms with Crippen LogP contribution in [0.3, 0.4) is 0 Å². The van der Waals surface area contributed by atoms with E-state index in [0.29, 0.717) is 6.61 Å². The van der Waals surface area contributed by atoms with Crippen molar-refractivity contribution in [3.05, 3.63) is 0 Å². The van der Waals surface area contributed by atoms with Gasteiger partial charge in [-0.2, -0.15) is 0 Å². The molecular weight excluding hydrogens is 202 g/mol. The molecule has 2 unspecified atom stereocenters. The van der Waals surface area contributed by atoms with Gasteiger partial charge in [0.1, 0.15) is 6.29 Å². The van der Waals surface area contributed by atoms with Crippen molar-refractivity contribution in [1.29, 1.82) is 0 Å². The molecule has 0 saturated carbocycles. The molecule has 0 aromatic rings. The number of piperidine rings is 1. The van der Waals surface area contributed by atoms with Crippen LogP contribution in [0.2, 0.25) is 0 Å². The molecule has 2 aliphatic rings. The van der Waals surface area contributed by atoms with Gasteiger partial charge in [0.2, 0.25) is 0 Å². The van der Waals surface area contributed by atoms with Crippen LogP contribution in [0.25, 0.3) is 0 Å². The van der Waals surface area contributed by atoms with E-state index < -0.39 is 0 Å². The lowest BCUT2D eigenvalue weighted by atomic mass is 9.86. The summed E-state index contributed by atoms with van der Waals surface area (Å²) in [6.45, 7) is 6.89. The number of hydrogen-bond donors (Lipinski definition) is 0. The summed E-state index contributed by atoms with van der Waals surface area (Å²) >= 11 is 0. The molecule has 0 aliphatic carbocycles. The van der Waals surface area contributed by atoms with Crippen molar-refractivity contribution in [3.63, 3.8) is 0 Å². The van der Waals surface area contributed by atoms with Gasteiger partial charge in [-0.25, -0.2) is 0 Å². The van der Waals surface area contributed by atoms with Crippen LogP contribution in [0.4, 0.5) is 0 Å². The van der Waals surface area contributed by atoms with E-state index in [4.69, 9.17) is 4.74 Å². The lowest BCUT2D eigenvalue weighted by molar-refractivity contribution is -0.117. The van der Waals surface area contributed by atoms with Crippen LogP contribution in [-0.4, -0.2) is 44.0 Å². The minimum absolute atomic E-state index is 0.199. The molecular formula is C13H23NO2. The Bertz CT molecular complexity index is 236. The third-order valence-electron chi connectivity index (χ3n) is 4.10. The van der Waals surface area contributed by atoms with Gasteiger partial charge >= 0.3 is 0 Å². The molecule has 0 aromatic carbocycles. The topological polar surface area (TPSA) is 29.5 Å². The van der Waals surface area contributed by atoms with E-state index in [1.807, 2.05) is 0 Å². The van der Waals surface area contributed by atoms with Crippen molar-refractivity contribution >= 4 is 6.29 Å². The summed E-state index contributed by atoms with van der Waals surface area (Å²) in [5.74, 6) is 0.833. The van der Waals surface area contributed by atoms with Crippen LogP contribution >= 0.6 is 0 Å². The van der Waals surface area contributed by atoms with E-state index in [0.717, 1.165) is 38.3 Å². The molecule has 3 nitrogen and oxygen atoms in total. The van der Waals surface area contributed by atoms with Crippen LogP contribution in [0.15, 0.2) is 0 Å². The summed E-state index contributed by atoms with van der Waals surface area (Å²) in [5.41, 5.74) is -0.199. The smallest absolute Gasteiger partial charge is 0.129 e. The van der Waals surface area contributed by atoms with Crippen molar-refractivity contribution in [2.45, 2.75) is 32.6 Å². The Kier molecular flexibility index (Phi) is 3.98. The fourth-order valence-electron chi connectivity index (χ4n) is 2.95. The summed E-state index contributed by atoms with van der Waals surface area (Å²) in [7, 11) is 0. The fraction of sp³-hybridized carbons (Fsp3) is 0.923. The van der Waals surface area contributed by atoms with E-state index >= 15 is 0 Å². The number of nitrogens with zero attached hydrogens (tertiary/aromatic N) is 1. The highest BCUT2D eigenvalue weighted by molar-refractivity contribution is 5.60. The van der Waals surface area contributed by atoms with Crippen LogP contribution in [0, 0.1) is 11.3 Å². The van der Waals surface area contributed by atoms with E-state index in [1.165, 1.54) is 25.8 Å². The first kappa shape index (κ1) is 12.1. The van der Waals surface area contributed by atoms with Gasteiger partial charge in [-0.15, -0.1) is 0 Å². The van der Waals surface area contributed by atoms with Crippen molar-refractivity contribution in [2.75, 3.05) is 32.8 Å². The van der Waals surface area contributed by atoms with Crippen molar-refractivity contribution < 1.29 is 9.53 Å². The molecule has 3 heteroatoms. The number of likely N-dealkylation sites (tertiary alicyclic amines) is 1. The lowest BCUT2D eigenvalue weighted by Crippen LogP contribution is -2.44. The minimum atomic E-state index is -0.199. The first-order valence-corrected chi connectivity index (χ1v) is 6.54. The molecule has 0 spiro atoms. The molecule has 0 N–H and O–H groups in total. The summed E-state index contributed by atoms with van der Waals surface area (Å²) in [6.07, 6.45) is 5.95. The number of rotatable bonds is 4. The SMILES string of the molecule is CCC1CCCN(CC2(C=O)CCOC2)C1. The molecule has 16 heavy (non-hydrogen) atoms. The van der Waals surface area contributed by atoms with E-state index in [-0.39, 0.29) is 5.41 Å². The Labute approximate surface area is 98.1 Å². The van der Waals surface area contributed by atoms with Crippen molar-refractivity contribution in [1.82, 2.24) is 4.90 Å². The molecule has 2 rings (SSSR count). The van der Waals surface area contributed by atoms with Gasteiger partial charge in [0.05, 0.1) is 12.0 Å². The third kappa shape index (κ3) is 2.64. The molecule has 2 fully saturated rings. The quantitative estimate of drug-likeness (QED) is 0.682. The second-order valence-electron chi connectivity index (χ2n) is 5.43. The van der Waals surface area contributed by atoms with Gasteiger partial charge in [-0.1, -0.05) is 13.3 Å². The summed E-state index contributed by atoms with van der Waals surface area (Å²) in [4.78, 5) is 13.7. The van der Waals surface area contributed by atoms with E-state index in [2.05, 4.69) is 11.8 Å². The number of carbonyl (C=O) groups excluding carboxylic acids is 1. The van der Waals surface area contributed by atoms with Crippen LogP contribution in [0.5, 0.6) is 0 Å². The first-order chi connectivity index (χ1) is 7.78. The van der Waals surface area contributed by atoms with Gasteiger partial charge in [0.15, 0.2) is 0 Å². The Balaban J connectivity index is 1.90. The standard InChI is InChI=1S/C13H23NO2/c1-2-12-4-3-6-14(8-12)9-13(10-15)5-7-16-11-13/h10,12H,2-9,11H2,1H3. The Morgan fingerprint density at radius 1 is 1.56 bits per heavy atom. The molecule has 92 valence electrons. The van der Waals surface area contributed by atoms with E-state index in [9.17, 15) is 4.79 Å². The van der Waals surface area contributed by atoms with Gasteiger partial charge in [0, 0.05) is 19.7 Å². The van der Waals surface area contributed by atoms with Crippen LogP contribution < -0.4 is 0 Å². The average molecular weight is 225 g/mol. The molecule has 2 atom stereocenters. The highest BCUT2D eigenvalue weighted by Crippen LogP contribution is 2.29. The van der Waals surface area contributed by atoms with Gasteiger partial charge in [-0.3, -0.25) is 0 Å². The Morgan fingerprint density at radius 2 is 2.44 bits per heavy atom. The molecule has 0 bridgehead atoms. The molecule has 0 aromatic heterocycles. The Hall–Kier alpha value is -0.410. The monoisotopic (exact) mass is 225 g/mol. The highest BCUT2D eigenvalue weighted by Gasteiger charge is 2.37. The van der Waals surface area contributed by atoms with E-state index in [1.54, 1.807) is 0 Å². The summed E-state index contributed by atoms with van der Waals surface area (Å²) < 4.78 is 5.39. The van der Waals surface area contributed by atoms with Gasteiger partial charge < -0.3 is 14.4 Å². The molecule has 0 amide bonds. The van der Waals surface area contributed by atoms with Gasteiger partial charge in [0.25, 0.3) is 0 Å². The van der Waals surface area contributed by atoms with Crippen molar-refractivity contribution in [3.8, 4) is 0 Å². The first-order valence-electron chi connectivity index (χ1n) is 6.54. The zero-order valence-corrected chi connectivity index (χ0v) is 10.3. The number of hydrogen-bond acceptors (Lipinski definition) is 3. The maximum absolute atomic E-state index is 11.2. The summed E-state index contributed by atoms with van der Waals surface area (Å²) in [5, 5.41) is 0. The molecule has 2 saturated heterocycles. The maximum Gasteiger partial charge on any atom is 0.129 e. The third-order valence-corrected chi connectivity index (χ3v) is 4.10. The fourth-order valence-corrected chi connectivity index (χ4v) is 2.95. The van der Waals surface area contributed by atoms with Crippen LogP contribution in [-0.2, 0) is 9.53 Å². The van der Waals surface area contributed by atoms with Crippen LogP contribution in [0.1, 0.15) is 32.6 Å². The Morgan fingerprint density at radius 3 is 3.06 bits per heavy atom.